The number of carbonyl (C=O) groups is 5. The number of allylic oxidation sites excluding steroid dienone is 2. The first-order valence-corrected chi connectivity index (χ1v) is 23.8. The van der Waals surface area contributed by atoms with Crippen LogP contribution in [0.1, 0.15) is 133 Å². The Morgan fingerprint density at radius 3 is 2.47 bits per heavy atom. The maximum absolute atomic E-state index is 14.7. The molecule has 1 aliphatic carbocycles. The second kappa shape index (κ2) is 18.6. The number of Topliss-reactive ketones (excluding diaryl/α,β-unsaturated/α-hetero) is 2. The highest BCUT2D eigenvalue weighted by Gasteiger charge is 2.61. The van der Waals surface area contributed by atoms with Crippen LogP contribution in [0.2, 0.25) is 0 Å². The predicted molar refractivity (Wildman–Crippen MR) is 235 cm³/mol. The zero-order chi connectivity index (χ0) is 45.3. The van der Waals surface area contributed by atoms with Crippen molar-refractivity contribution in [3.05, 3.63) is 52.0 Å². The van der Waals surface area contributed by atoms with Crippen molar-refractivity contribution in [2.45, 2.75) is 142 Å². The lowest BCUT2D eigenvalue weighted by atomic mass is 9.91. The Bertz CT molecular complexity index is 2330. The highest BCUT2D eigenvalue weighted by atomic mass is 32.2. The van der Waals surface area contributed by atoms with E-state index >= 15 is 0 Å². The van der Waals surface area contributed by atoms with Gasteiger partial charge in [-0.05, 0) is 84.3 Å². The van der Waals surface area contributed by atoms with Gasteiger partial charge in [-0.1, -0.05) is 44.9 Å². The summed E-state index contributed by atoms with van der Waals surface area (Å²) in [5, 5.41) is 5.45. The first-order valence-electron chi connectivity index (χ1n) is 21.5. The van der Waals surface area contributed by atoms with Crippen LogP contribution < -0.4 is 14.8 Å². The predicted octanol–water partition coefficient (Wildman–Crippen LogP) is 6.27. The summed E-state index contributed by atoms with van der Waals surface area (Å²) in [5.74, 6) is -2.00. The van der Waals surface area contributed by atoms with Gasteiger partial charge in [0.05, 0.1) is 35.6 Å². The number of carbonyl (C=O) groups excluding carboxylic acids is 5. The second-order valence-corrected chi connectivity index (χ2v) is 21.4. The number of para-hydroxylation sites is 1. The first-order chi connectivity index (χ1) is 29.1. The number of nitrogens with zero attached hydrogens (tertiary/aromatic N) is 5. The molecule has 18 heteroatoms. The van der Waals surface area contributed by atoms with Crippen LogP contribution in [0, 0.1) is 11.3 Å². The molecule has 5 atom stereocenters. The van der Waals surface area contributed by atoms with Crippen LogP contribution >= 0.6 is 11.3 Å². The monoisotopic (exact) mass is 895 g/mol. The van der Waals surface area contributed by atoms with E-state index < -0.39 is 63.1 Å². The number of aromatic nitrogens is 3. The molecule has 2 aromatic heterocycles. The molecule has 6 rings (SSSR count). The fourth-order valence-electron chi connectivity index (χ4n) is 8.21. The summed E-state index contributed by atoms with van der Waals surface area (Å²) in [7, 11) is -1.55. The summed E-state index contributed by atoms with van der Waals surface area (Å²) in [6, 6.07) is 3.34. The maximum Gasteiger partial charge on any atom is 0.408 e. The summed E-state index contributed by atoms with van der Waals surface area (Å²) in [6.45, 7) is 13.2. The van der Waals surface area contributed by atoms with Gasteiger partial charge in [-0.2, -0.15) is 17.7 Å². The van der Waals surface area contributed by atoms with Crippen LogP contribution in [0.3, 0.4) is 0 Å². The van der Waals surface area contributed by atoms with Gasteiger partial charge in [0, 0.05) is 43.9 Å². The average Bonchev–Trinajstić information content (AvgIpc) is 3.50. The summed E-state index contributed by atoms with van der Waals surface area (Å²) in [4.78, 5) is 81.1. The third-order valence-corrected chi connectivity index (χ3v) is 13.9. The number of imidazole rings is 1. The van der Waals surface area contributed by atoms with Gasteiger partial charge in [0.15, 0.2) is 11.6 Å². The van der Waals surface area contributed by atoms with Crippen LogP contribution in [0.15, 0.2) is 35.7 Å². The number of fused-ring (bicyclic) bond motifs is 3. The van der Waals surface area contributed by atoms with Crippen LogP contribution in [0.5, 0.6) is 6.01 Å². The number of hydrogen-bond donors (Lipinski definition) is 2. The zero-order valence-electron chi connectivity index (χ0n) is 37.2. The molecule has 1 saturated heterocycles. The minimum absolute atomic E-state index is 0.0350. The number of thiazole rings is 1. The number of ether oxygens (including phenoxy) is 2. The Balaban J connectivity index is 1.34. The van der Waals surface area contributed by atoms with Gasteiger partial charge in [0.1, 0.15) is 28.3 Å². The molecule has 16 nitrogen and oxygen atoms in total. The molecule has 0 unspecified atom stereocenters. The standard InChI is InChI=1S/C44H61N7O9S2/c1-26(2)32-25-61-37(45-32)21-35(52)30-17-15-19-33-38(30)47-41(51(33)27(3)4)59-29-20-34-36(53)23-44(40(55)48-62(57,58)49(8)9)22-28(44)16-13-11-10-12-14-18-31(39(54)50(34)24-29)46-42(56)60-43(5,6)7/h13,15-17,19,25-29,31,34H,10-12,14,18,20-24H2,1-9H3,(H,46,56)(H,48,55)/b16-13-/t28-,29-,31+,34+,44-/m1/s1. The van der Waals surface area contributed by atoms with Gasteiger partial charge in [0.25, 0.3) is 6.01 Å². The van der Waals surface area contributed by atoms with Crippen molar-refractivity contribution in [2.24, 2.45) is 11.3 Å². The number of hydrogen-bond acceptors (Lipinski definition) is 12. The van der Waals surface area contributed by atoms with Crippen LogP contribution in [0.25, 0.3) is 11.0 Å². The molecule has 3 aliphatic rings. The van der Waals surface area contributed by atoms with E-state index in [-0.39, 0.29) is 61.9 Å². The highest BCUT2D eigenvalue weighted by molar-refractivity contribution is 7.87. The molecular weight excluding hydrogens is 835 g/mol. The van der Waals surface area contributed by atoms with Crippen LogP contribution in [-0.4, -0.2) is 106 Å². The fourth-order valence-corrected chi connectivity index (χ4v) is 9.79. The summed E-state index contributed by atoms with van der Waals surface area (Å²) >= 11 is 1.45. The van der Waals surface area contributed by atoms with Crippen molar-refractivity contribution in [1.82, 2.24) is 33.8 Å². The van der Waals surface area contributed by atoms with Gasteiger partial charge in [-0.3, -0.25) is 23.7 Å². The first kappa shape index (κ1) is 46.8. The zero-order valence-corrected chi connectivity index (χ0v) is 38.9. The van der Waals surface area contributed by atoms with E-state index in [0.29, 0.717) is 40.9 Å². The van der Waals surface area contributed by atoms with Crippen molar-refractivity contribution in [2.75, 3.05) is 20.6 Å². The molecule has 0 bridgehead atoms. The van der Waals surface area contributed by atoms with Gasteiger partial charge < -0.3 is 19.7 Å². The quantitative estimate of drug-likeness (QED) is 0.162. The van der Waals surface area contributed by atoms with Crippen LogP contribution in [-0.2, 0) is 35.8 Å². The molecule has 338 valence electrons. The summed E-state index contributed by atoms with van der Waals surface area (Å²) in [5.41, 5.74) is 0.311. The molecule has 62 heavy (non-hydrogen) atoms. The van der Waals surface area contributed by atoms with Gasteiger partial charge >= 0.3 is 16.3 Å². The van der Waals surface area contributed by atoms with E-state index in [2.05, 4.69) is 28.9 Å². The minimum atomic E-state index is -4.16. The third-order valence-electron chi connectivity index (χ3n) is 11.7. The summed E-state index contributed by atoms with van der Waals surface area (Å²) < 4.78 is 42.8. The molecule has 1 saturated carbocycles. The van der Waals surface area contributed by atoms with E-state index in [1.807, 2.05) is 42.0 Å². The number of ketones is 2. The van der Waals surface area contributed by atoms with E-state index in [4.69, 9.17) is 14.5 Å². The average molecular weight is 896 g/mol. The topological polar surface area (TPSA) is 199 Å². The van der Waals surface area contributed by atoms with Gasteiger partial charge in [-0.25, -0.2) is 14.5 Å². The lowest BCUT2D eigenvalue weighted by Gasteiger charge is -2.30. The van der Waals surface area contributed by atoms with Gasteiger partial charge in [0.2, 0.25) is 11.8 Å². The lowest BCUT2D eigenvalue weighted by molar-refractivity contribution is -0.140. The van der Waals surface area contributed by atoms with E-state index in [0.717, 1.165) is 22.8 Å². The van der Waals surface area contributed by atoms with Crippen molar-refractivity contribution < 1.29 is 41.9 Å². The molecule has 2 fully saturated rings. The molecule has 3 amide bonds. The number of nitrogens with one attached hydrogen (secondary N) is 2. The smallest absolute Gasteiger partial charge is 0.408 e. The Labute approximate surface area is 368 Å². The molecule has 2 aliphatic heterocycles. The molecule has 4 heterocycles. The van der Waals surface area contributed by atoms with E-state index in [1.54, 1.807) is 32.9 Å². The van der Waals surface area contributed by atoms with Gasteiger partial charge in [-0.15, -0.1) is 11.3 Å². The number of benzene rings is 1. The largest absolute Gasteiger partial charge is 0.459 e. The van der Waals surface area contributed by atoms with Crippen LogP contribution in [0.4, 0.5) is 4.79 Å². The third kappa shape index (κ3) is 10.6. The Morgan fingerprint density at radius 1 is 1.06 bits per heavy atom. The molecule has 0 spiro atoms. The van der Waals surface area contributed by atoms with E-state index in [9.17, 15) is 32.4 Å². The molecular formula is C44H61N7O9S2. The van der Waals surface area contributed by atoms with Crippen molar-refractivity contribution in [3.63, 3.8) is 0 Å². The number of amides is 3. The maximum atomic E-state index is 14.7. The highest BCUT2D eigenvalue weighted by Crippen LogP contribution is 2.57. The Hall–Kier alpha value is -4.68. The molecule has 3 aromatic rings. The normalized spacial score (nSPS) is 24.4. The SMILES string of the molecule is CC(C)c1csc(CC(=O)c2cccc3c2nc(O[C@@H]2C[C@H]4C(=O)C[C@]5(C(=O)NS(=O)(=O)N(C)C)C[C@H]5/C=C\CCCCC[C@H](NC(=O)OC(C)(C)C)C(=O)N4C2)n3C(C)C)n1. The molecule has 0 radical (unpaired) electrons. The fraction of sp³-hybridized carbons (Fsp3) is 0.614. The number of rotatable bonds is 11. The van der Waals surface area contributed by atoms with Crippen molar-refractivity contribution >= 4 is 62.1 Å². The van der Waals surface area contributed by atoms with Crippen molar-refractivity contribution in [3.8, 4) is 6.01 Å². The summed E-state index contributed by atoms with van der Waals surface area (Å²) in [6.07, 6.45) is 5.50. The molecule has 1 aromatic carbocycles. The van der Waals surface area contributed by atoms with E-state index in [1.165, 1.54) is 30.3 Å². The Morgan fingerprint density at radius 2 is 1.81 bits per heavy atom. The Kier molecular flexibility index (Phi) is 14.0. The van der Waals surface area contributed by atoms with Crippen molar-refractivity contribution in [1.29, 1.82) is 0 Å². The number of alkyl carbamates (subject to hydrolysis) is 1. The lowest BCUT2D eigenvalue weighted by Crippen LogP contribution is -2.53. The minimum Gasteiger partial charge on any atom is -0.459 e. The second-order valence-electron chi connectivity index (χ2n) is 18.5. The molecule has 2 N–H and O–H groups in total.